The van der Waals surface area contributed by atoms with Crippen LogP contribution in [0, 0.1) is 10.1 Å². The van der Waals surface area contributed by atoms with Gasteiger partial charge in [0.05, 0.1) is 12.0 Å². The SMILES string of the molecule is COc1cccc(NCCc2ccc([N+](=O)[O-])cc2)n1. The molecule has 0 fully saturated rings. The highest BCUT2D eigenvalue weighted by Gasteiger charge is 2.03. The molecule has 0 bridgehead atoms. The lowest BCUT2D eigenvalue weighted by Crippen LogP contribution is -2.06. The van der Waals surface area contributed by atoms with Gasteiger partial charge in [-0.2, -0.15) is 4.98 Å². The van der Waals surface area contributed by atoms with Gasteiger partial charge in [-0.1, -0.05) is 18.2 Å². The van der Waals surface area contributed by atoms with Crippen LogP contribution in [0.4, 0.5) is 11.5 Å². The van der Waals surface area contributed by atoms with Crippen molar-refractivity contribution < 1.29 is 9.66 Å². The lowest BCUT2D eigenvalue weighted by atomic mass is 10.1. The Balaban J connectivity index is 1.87. The maximum Gasteiger partial charge on any atom is 0.269 e. The molecule has 1 N–H and O–H groups in total. The molecule has 0 aliphatic heterocycles. The molecule has 1 aromatic heterocycles. The first-order valence-corrected chi connectivity index (χ1v) is 6.17. The normalized spacial score (nSPS) is 10.1. The second-order valence-electron chi connectivity index (χ2n) is 4.17. The lowest BCUT2D eigenvalue weighted by molar-refractivity contribution is -0.384. The van der Waals surface area contributed by atoms with E-state index < -0.39 is 4.92 Å². The summed E-state index contributed by atoms with van der Waals surface area (Å²) >= 11 is 0. The van der Waals surface area contributed by atoms with Crippen molar-refractivity contribution in [2.75, 3.05) is 19.0 Å². The number of hydrogen-bond acceptors (Lipinski definition) is 5. The van der Waals surface area contributed by atoms with Crippen molar-refractivity contribution in [2.24, 2.45) is 0 Å². The molecule has 0 atom stereocenters. The molecular formula is C14H15N3O3. The minimum absolute atomic E-state index is 0.108. The third-order valence-corrected chi connectivity index (χ3v) is 2.80. The molecule has 0 amide bonds. The Hall–Kier alpha value is -2.63. The van der Waals surface area contributed by atoms with Crippen LogP contribution >= 0.6 is 0 Å². The van der Waals surface area contributed by atoms with Gasteiger partial charge < -0.3 is 10.1 Å². The maximum absolute atomic E-state index is 10.5. The predicted octanol–water partition coefficient (Wildman–Crippen LogP) is 2.65. The van der Waals surface area contributed by atoms with Crippen LogP contribution in [-0.2, 0) is 6.42 Å². The molecule has 104 valence electrons. The molecule has 0 saturated carbocycles. The number of methoxy groups -OCH3 is 1. The second kappa shape index (κ2) is 6.51. The summed E-state index contributed by atoms with van der Waals surface area (Å²) in [6, 6.07) is 12.1. The number of ether oxygens (including phenoxy) is 1. The first-order chi connectivity index (χ1) is 9.69. The van der Waals surface area contributed by atoms with Crippen molar-refractivity contribution in [3.8, 4) is 5.88 Å². The number of rotatable bonds is 6. The van der Waals surface area contributed by atoms with Crippen LogP contribution in [0.25, 0.3) is 0 Å². The fourth-order valence-corrected chi connectivity index (χ4v) is 1.75. The Morgan fingerprint density at radius 3 is 2.65 bits per heavy atom. The number of nitro groups is 1. The van der Waals surface area contributed by atoms with Crippen LogP contribution in [0.1, 0.15) is 5.56 Å². The van der Waals surface area contributed by atoms with Gasteiger partial charge >= 0.3 is 0 Å². The molecule has 2 aromatic rings. The summed E-state index contributed by atoms with van der Waals surface area (Å²) in [6.45, 7) is 0.692. The van der Waals surface area contributed by atoms with Crippen LogP contribution in [-0.4, -0.2) is 23.6 Å². The first kappa shape index (κ1) is 13.8. The van der Waals surface area contributed by atoms with Crippen molar-refractivity contribution in [1.29, 1.82) is 0 Å². The summed E-state index contributed by atoms with van der Waals surface area (Å²) in [5.74, 6) is 1.30. The number of non-ortho nitro benzene ring substituents is 1. The number of nitrogens with one attached hydrogen (secondary N) is 1. The first-order valence-electron chi connectivity index (χ1n) is 6.17. The zero-order valence-corrected chi connectivity index (χ0v) is 11.1. The third-order valence-electron chi connectivity index (χ3n) is 2.80. The van der Waals surface area contributed by atoms with Gasteiger partial charge in [-0.3, -0.25) is 10.1 Å². The smallest absolute Gasteiger partial charge is 0.269 e. The Bertz CT molecular complexity index is 584. The van der Waals surface area contributed by atoms with Gasteiger partial charge in [0.15, 0.2) is 0 Å². The van der Waals surface area contributed by atoms with Crippen molar-refractivity contribution in [3.05, 3.63) is 58.1 Å². The number of benzene rings is 1. The summed E-state index contributed by atoms with van der Waals surface area (Å²) in [4.78, 5) is 14.4. The highest BCUT2D eigenvalue weighted by atomic mass is 16.6. The van der Waals surface area contributed by atoms with Crippen LogP contribution < -0.4 is 10.1 Å². The molecule has 0 spiro atoms. The van der Waals surface area contributed by atoms with E-state index in [1.54, 1.807) is 25.3 Å². The second-order valence-corrected chi connectivity index (χ2v) is 4.17. The summed E-state index contributed by atoms with van der Waals surface area (Å²) in [5.41, 5.74) is 1.14. The minimum atomic E-state index is -0.401. The third kappa shape index (κ3) is 3.68. The molecule has 2 rings (SSSR count). The summed E-state index contributed by atoms with van der Waals surface area (Å²) < 4.78 is 5.04. The zero-order chi connectivity index (χ0) is 14.4. The fourth-order valence-electron chi connectivity index (χ4n) is 1.75. The van der Waals surface area contributed by atoms with E-state index in [0.29, 0.717) is 12.4 Å². The number of hydrogen-bond donors (Lipinski definition) is 1. The molecule has 6 nitrogen and oxygen atoms in total. The van der Waals surface area contributed by atoms with E-state index in [9.17, 15) is 10.1 Å². The van der Waals surface area contributed by atoms with Gasteiger partial charge in [0, 0.05) is 24.7 Å². The standard InChI is InChI=1S/C14H15N3O3/c1-20-14-4-2-3-13(16-14)15-10-9-11-5-7-12(8-6-11)17(18)19/h2-8H,9-10H2,1H3,(H,15,16). The molecule has 0 aliphatic rings. The van der Waals surface area contributed by atoms with Crippen molar-refractivity contribution in [2.45, 2.75) is 6.42 Å². The Morgan fingerprint density at radius 2 is 2.00 bits per heavy atom. The van der Waals surface area contributed by atoms with Crippen LogP contribution in [0.2, 0.25) is 0 Å². The number of nitro benzene ring substituents is 1. The van der Waals surface area contributed by atoms with Gasteiger partial charge in [0.25, 0.3) is 5.69 Å². The molecular weight excluding hydrogens is 258 g/mol. The molecule has 0 aliphatic carbocycles. The molecule has 20 heavy (non-hydrogen) atoms. The van der Waals surface area contributed by atoms with Gasteiger partial charge in [-0.15, -0.1) is 0 Å². The maximum atomic E-state index is 10.5. The molecule has 0 unspecified atom stereocenters. The summed E-state index contributed by atoms with van der Waals surface area (Å²) in [6.07, 6.45) is 0.761. The number of aromatic nitrogens is 1. The number of pyridine rings is 1. The van der Waals surface area contributed by atoms with Crippen molar-refractivity contribution in [1.82, 2.24) is 4.98 Å². The van der Waals surface area contributed by atoms with Crippen LogP contribution in [0.5, 0.6) is 5.88 Å². The highest BCUT2D eigenvalue weighted by molar-refractivity contribution is 5.38. The predicted molar refractivity (Wildman–Crippen MR) is 76.1 cm³/mol. The highest BCUT2D eigenvalue weighted by Crippen LogP contribution is 2.13. The monoisotopic (exact) mass is 273 g/mol. The summed E-state index contributed by atoms with van der Waals surface area (Å²) in [7, 11) is 1.57. The average molecular weight is 273 g/mol. The fraction of sp³-hybridized carbons (Fsp3) is 0.214. The number of anilines is 1. The zero-order valence-electron chi connectivity index (χ0n) is 11.1. The van der Waals surface area contributed by atoms with E-state index >= 15 is 0 Å². The van der Waals surface area contributed by atoms with Gasteiger partial charge in [0.2, 0.25) is 5.88 Å². The summed E-state index contributed by atoms with van der Waals surface area (Å²) in [5, 5.41) is 13.7. The van der Waals surface area contributed by atoms with E-state index in [4.69, 9.17) is 4.74 Å². The van der Waals surface area contributed by atoms with Gasteiger partial charge in [-0.05, 0) is 18.1 Å². The van der Waals surface area contributed by atoms with Gasteiger partial charge in [-0.25, -0.2) is 0 Å². The minimum Gasteiger partial charge on any atom is -0.481 e. The van der Waals surface area contributed by atoms with Crippen molar-refractivity contribution >= 4 is 11.5 Å². The lowest BCUT2D eigenvalue weighted by Gasteiger charge is -2.06. The Morgan fingerprint density at radius 1 is 1.25 bits per heavy atom. The largest absolute Gasteiger partial charge is 0.481 e. The molecule has 0 saturated heterocycles. The van der Waals surface area contributed by atoms with E-state index in [-0.39, 0.29) is 5.69 Å². The van der Waals surface area contributed by atoms with E-state index in [1.807, 2.05) is 12.1 Å². The van der Waals surface area contributed by atoms with Crippen LogP contribution in [0.3, 0.4) is 0 Å². The molecule has 1 heterocycles. The molecule has 0 radical (unpaired) electrons. The number of nitrogens with zero attached hydrogens (tertiary/aromatic N) is 2. The van der Waals surface area contributed by atoms with E-state index in [2.05, 4.69) is 10.3 Å². The van der Waals surface area contributed by atoms with E-state index in [1.165, 1.54) is 12.1 Å². The van der Waals surface area contributed by atoms with E-state index in [0.717, 1.165) is 17.8 Å². The average Bonchev–Trinajstić information content (AvgIpc) is 2.48. The Labute approximate surface area is 116 Å². The van der Waals surface area contributed by atoms with Crippen molar-refractivity contribution in [3.63, 3.8) is 0 Å². The molecule has 6 heteroatoms. The topological polar surface area (TPSA) is 77.3 Å². The van der Waals surface area contributed by atoms with Gasteiger partial charge in [0.1, 0.15) is 5.82 Å². The van der Waals surface area contributed by atoms with Crippen LogP contribution in [0.15, 0.2) is 42.5 Å². The Kier molecular flexibility index (Phi) is 4.49. The molecule has 1 aromatic carbocycles. The quantitative estimate of drug-likeness (QED) is 0.646.